The molecule has 3 rings (SSSR count). The van der Waals surface area contributed by atoms with Crippen LogP contribution in [0.2, 0.25) is 0 Å². The van der Waals surface area contributed by atoms with Crippen LogP contribution in [0.3, 0.4) is 0 Å². The Balaban J connectivity index is 0.00000196. The highest BCUT2D eigenvalue weighted by molar-refractivity contribution is 7.89. The predicted molar refractivity (Wildman–Crippen MR) is 116 cm³/mol. The minimum absolute atomic E-state index is 0. The van der Waals surface area contributed by atoms with Crippen LogP contribution >= 0.6 is 24.8 Å². The van der Waals surface area contributed by atoms with Gasteiger partial charge in [-0.3, -0.25) is 4.79 Å². The van der Waals surface area contributed by atoms with Crippen molar-refractivity contribution in [2.45, 2.75) is 36.6 Å². The van der Waals surface area contributed by atoms with Crippen molar-refractivity contribution in [1.82, 2.24) is 9.21 Å². The Labute approximate surface area is 179 Å². The molecular weight excluding hydrogens is 423 g/mol. The quantitative estimate of drug-likeness (QED) is 0.727. The number of nitrogens with two attached hydrogens (primary N) is 1. The third-order valence-electron chi connectivity index (χ3n) is 5.26. The van der Waals surface area contributed by atoms with Crippen LogP contribution in [0, 0.1) is 5.92 Å². The van der Waals surface area contributed by atoms with Crippen LogP contribution in [-0.2, 0) is 14.8 Å². The minimum Gasteiger partial charge on any atom is -0.328 e. The zero-order valence-electron chi connectivity index (χ0n) is 16.0. The number of carbonyl (C=O) groups excluding carboxylic acids is 1. The lowest BCUT2D eigenvalue weighted by Gasteiger charge is -2.20. The standard InChI is InChI=1S/C18H28N4O3S.2ClH/c1-21-8-3-9-22(11-10-21)26(24,25)17-5-2-4-16(13-17)20-18(23)14-6-7-15(19)12-14;;/h2,4-5,13-15H,3,6-12,19H2,1H3,(H,20,23);2*1H. The molecule has 1 aliphatic heterocycles. The van der Waals surface area contributed by atoms with Crippen molar-refractivity contribution >= 4 is 46.4 Å². The van der Waals surface area contributed by atoms with E-state index in [0.717, 1.165) is 32.4 Å². The number of amides is 1. The molecule has 0 radical (unpaired) electrons. The molecular formula is C18H30Cl2N4O3S. The number of likely N-dealkylation sites (N-methyl/N-ethyl adjacent to an activating group) is 1. The number of nitrogens with zero attached hydrogens (tertiary/aromatic N) is 2. The highest BCUT2D eigenvalue weighted by atomic mass is 35.5. The molecule has 160 valence electrons. The molecule has 0 bridgehead atoms. The van der Waals surface area contributed by atoms with Gasteiger partial charge in [0.1, 0.15) is 0 Å². The summed E-state index contributed by atoms with van der Waals surface area (Å²) >= 11 is 0. The number of benzene rings is 1. The molecule has 0 spiro atoms. The number of anilines is 1. The number of carbonyl (C=O) groups is 1. The van der Waals surface area contributed by atoms with Gasteiger partial charge in [0.2, 0.25) is 15.9 Å². The largest absolute Gasteiger partial charge is 0.328 e. The molecule has 2 unspecified atom stereocenters. The molecule has 1 heterocycles. The second-order valence-corrected chi connectivity index (χ2v) is 9.29. The van der Waals surface area contributed by atoms with E-state index in [9.17, 15) is 13.2 Å². The fourth-order valence-electron chi connectivity index (χ4n) is 3.65. The predicted octanol–water partition coefficient (Wildman–Crippen LogP) is 1.92. The van der Waals surface area contributed by atoms with E-state index in [1.807, 2.05) is 7.05 Å². The SMILES string of the molecule is CN1CCCN(S(=O)(=O)c2cccc(NC(=O)C3CCC(N)C3)c2)CC1.Cl.Cl. The lowest BCUT2D eigenvalue weighted by Crippen LogP contribution is -2.34. The second-order valence-electron chi connectivity index (χ2n) is 7.35. The Hall–Kier alpha value is -0.900. The number of nitrogens with one attached hydrogen (secondary N) is 1. The molecule has 3 N–H and O–H groups in total. The van der Waals surface area contributed by atoms with Gasteiger partial charge in [-0.25, -0.2) is 8.42 Å². The van der Waals surface area contributed by atoms with Gasteiger partial charge in [0, 0.05) is 37.3 Å². The Kier molecular flexibility index (Phi) is 9.66. The average molecular weight is 453 g/mol. The van der Waals surface area contributed by atoms with E-state index in [1.165, 1.54) is 4.31 Å². The van der Waals surface area contributed by atoms with Crippen molar-refractivity contribution in [3.8, 4) is 0 Å². The van der Waals surface area contributed by atoms with E-state index >= 15 is 0 Å². The summed E-state index contributed by atoms with van der Waals surface area (Å²) in [5, 5.41) is 2.85. The second kappa shape index (κ2) is 10.8. The van der Waals surface area contributed by atoms with E-state index in [4.69, 9.17) is 5.73 Å². The first-order valence-corrected chi connectivity index (χ1v) is 10.7. The first-order chi connectivity index (χ1) is 12.4. The summed E-state index contributed by atoms with van der Waals surface area (Å²) < 4.78 is 27.5. The molecule has 28 heavy (non-hydrogen) atoms. The van der Waals surface area contributed by atoms with E-state index in [-0.39, 0.29) is 47.6 Å². The molecule has 0 aromatic heterocycles. The average Bonchev–Trinajstić information content (AvgIpc) is 2.92. The Morgan fingerprint density at radius 2 is 1.89 bits per heavy atom. The first-order valence-electron chi connectivity index (χ1n) is 9.21. The van der Waals surface area contributed by atoms with Gasteiger partial charge < -0.3 is 16.0 Å². The van der Waals surface area contributed by atoms with Crippen LogP contribution < -0.4 is 11.1 Å². The summed E-state index contributed by atoms with van der Waals surface area (Å²) in [5.41, 5.74) is 6.39. The summed E-state index contributed by atoms with van der Waals surface area (Å²) in [5.74, 6) is -0.171. The molecule has 1 aromatic rings. The molecule has 1 aromatic carbocycles. The van der Waals surface area contributed by atoms with Gasteiger partial charge in [0.25, 0.3) is 0 Å². The van der Waals surface area contributed by atoms with E-state index in [0.29, 0.717) is 25.2 Å². The van der Waals surface area contributed by atoms with Crippen molar-refractivity contribution in [3.05, 3.63) is 24.3 Å². The van der Waals surface area contributed by atoms with Gasteiger partial charge in [-0.2, -0.15) is 4.31 Å². The van der Waals surface area contributed by atoms with E-state index in [2.05, 4.69) is 10.2 Å². The zero-order chi connectivity index (χ0) is 18.7. The van der Waals surface area contributed by atoms with Gasteiger partial charge >= 0.3 is 0 Å². The highest BCUT2D eigenvalue weighted by Crippen LogP contribution is 2.26. The monoisotopic (exact) mass is 452 g/mol. The molecule has 10 heteroatoms. The first kappa shape index (κ1) is 25.1. The van der Waals surface area contributed by atoms with Crippen molar-refractivity contribution in [2.24, 2.45) is 11.7 Å². The number of halogens is 2. The van der Waals surface area contributed by atoms with Gasteiger partial charge in [0.15, 0.2) is 0 Å². The third-order valence-corrected chi connectivity index (χ3v) is 7.16. The molecule has 2 aliphatic rings. The van der Waals surface area contributed by atoms with Crippen LogP contribution in [0.1, 0.15) is 25.7 Å². The van der Waals surface area contributed by atoms with Gasteiger partial charge in [-0.05, 0) is 57.5 Å². The van der Waals surface area contributed by atoms with E-state index in [1.54, 1.807) is 24.3 Å². The molecule has 1 amide bonds. The molecule has 1 saturated heterocycles. The summed E-state index contributed by atoms with van der Waals surface area (Å²) in [6.07, 6.45) is 3.14. The fourth-order valence-corrected chi connectivity index (χ4v) is 5.16. The summed E-state index contributed by atoms with van der Waals surface area (Å²) in [6, 6.07) is 6.62. The fraction of sp³-hybridized carbons (Fsp3) is 0.611. The van der Waals surface area contributed by atoms with E-state index < -0.39 is 10.0 Å². The number of sulfonamides is 1. The van der Waals surface area contributed by atoms with Crippen molar-refractivity contribution < 1.29 is 13.2 Å². The van der Waals surface area contributed by atoms with Gasteiger partial charge in [-0.1, -0.05) is 6.07 Å². The molecule has 2 fully saturated rings. The highest BCUT2D eigenvalue weighted by Gasteiger charge is 2.29. The maximum absolute atomic E-state index is 13.0. The topological polar surface area (TPSA) is 95.7 Å². The number of hydrogen-bond donors (Lipinski definition) is 2. The lowest BCUT2D eigenvalue weighted by molar-refractivity contribution is -0.119. The Morgan fingerprint density at radius 3 is 2.57 bits per heavy atom. The van der Waals surface area contributed by atoms with Crippen molar-refractivity contribution in [3.63, 3.8) is 0 Å². The molecule has 1 aliphatic carbocycles. The molecule has 2 atom stereocenters. The van der Waals surface area contributed by atoms with Gasteiger partial charge in [-0.15, -0.1) is 24.8 Å². The third kappa shape index (κ3) is 6.05. The maximum Gasteiger partial charge on any atom is 0.243 e. The zero-order valence-corrected chi connectivity index (χ0v) is 18.5. The lowest BCUT2D eigenvalue weighted by atomic mass is 10.1. The Morgan fingerprint density at radius 1 is 1.14 bits per heavy atom. The maximum atomic E-state index is 13.0. The summed E-state index contributed by atoms with van der Waals surface area (Å²) in [4.78, 5) is 14.7. The minimum atomic E-state index is -3.56. The summed E-state index contributed by atoms with van der Waals surface area (Å²) in [7, 11) is -1.56. The smallest absolute Gasteiger partial charge is 0.243 e. The van der Waals surface area contributed by atoms with Crippen molar-refractivity contribution in [2.75, 3.05) is 38.5 Å². The number of hydrogen-bond acceptors (Lipinski definition) is 5. The summed E-state index contributed by atoms with van der Waals surface area (Å²) in [6.45, 7) is 2.61. The van der Waals surface area contributed by atoms with Crippen molar-refractivity contribution in [1.29, 1.82) is 0 Å². The van der Waals surface area contributed by atoms with Crippen LogP contribution in [0.5, 0.6) is 0 Å². The van der Waals surface area contributed by atoms with Crippen LogP contribution in [0.25, 0.3) is 0 Å². The van der Waals surface area contributed by atoms with Crippen LogP contribution in [0.4, 0.5) is 5.69 Å². The normalized spacial score (nSPS) is 23.9. The molecule has 1 saturated carbocycles. The van der Waals surface area contributed by atoms with Crippen LogP contribution in [0.15, 0.2) is 29.2 Å². The van der Waals surface area contributed by atoms with Crippen LogP contribution in [-0.4, -0.2) is 62.8 Å². The molecule has 7 nitrogen and oxygen atoms in total. The number of rotatable bonds is 4. The Bertz CT molecular complexity index is 763. The van der Waals surface area contributed by atoms with Gasteiger partial charge in [0.05, 0.1) is 4.90 Å².